The van der Waals surface area contributed by atoms with Crippen molar-refractivity contribution in [2.24, 2.45) is 0 Å². The number of ether oxygens (including phenoxy) is 2. The molecule has 4 nitrogen and oxygen atoms in total. The molecular weight excluding hydrogens is 300 g/mol. The fraction of sp³-hybridized carbons (Fsp3) is 0.350. The van der Waals surface area contributed by atoms with Gasteiger partial charge in [0.05, 0.1) is 18.9 Å². The predicted octanol–water partition coefficient (Wildman–Crippen LogP) is 2.44. The van der Waals surface area contributed by atoms with Crippen LogP contribution < -0.4 is 20.1 Å². The van der Waals surface area contributed by atoms with Crippen molar-refractivity contribution >= 4 is 17.8 Å². The van der Waals surface area contributed by atoms with Crippen molar-refractivity contribution in [2.75, 3.05) is 33.2 Å². The third-order valence-corrected chi connectivity index (χ3v) is 4.00. The maximum atomic E-state index is 5.50. The Hall–Kier alpha value is -2.33. The minimum absolute atomic E-state index is 0.0137. The van der Waals surface area contributed by atoms with Crippen LogP contribution in [0.3, 0.4) is 0 Å². The largest absolute Gasteiger partial charge is 0.481 e. The van der Waals surface area contributed by atoms with Crippen molar-refractivity contribution in [3.63, 3.8) is 0 Å². The minimum atomic E-state index is 0.0137. The van der Waals surface area contributed by atoms with Gasteiger partial charge in [-0.05, 0) is 43.3 Å². The van der Waals surface area contributed by atoms with Crippen LogP contribution in [-0.4, -0.2) is 39.4 Å². The van der Waals surface area contributed by atoms with Crippen molar-refractivity contribution in [2.45, 2.75) is 20.0 Å². The van der Waals surface area contributed by atoms with Gasteiger partial charge in [-0.3, -0.25) is 0 Å². The number of hydrogen-bond acceptors (Lipinski definition) is 4. The number of nitrogens with zero attached hydrogens (tertiary/aromatic N) is 2. The van der Waals surface area contributed by atoms with Crippen molar-refractivity contribution in [3.05, 3.63) is 40.8 Å². The average Bonchev–Trinajstić information content (AvgIpc) is 2.60. The highest BCUT2D eigenvalue weighted by molar-refractivity contribution is 5.64. The number of benzene rings is 1. The SMILES string of the molecule is C/C=c1/c(OC)nc(-c2ccc(N(C)C)cc2)c/c1=C/C(C)OC. The van der Waals surface area contributed by atoms with Crippen LogP contribution in [0.25, 0.3) is 23.4 Å². The summed E-state index contributed by atoms with van der Waals surface area (Å²) in [6.45, 7) is 4.00. The topological polar surface area (TPSA) is 34.6 Å². The van der Waals surface area contributed by atoms with Crippen molar-refractivity contribution < 1.29 is 9.47 Å². The van der Waals surface area contributed by atoms with Crippen LogP contribution in [0.4, 0.5) is 5.69 Å². The molecule has 4 heteroatoms. The maximum absolute atomic E-state index is 5.50. The molecule has 0 aliphatic rings. The van der Waals surface area contributed by atoms with Gasteiger partial charge in [0, 0.05) is 37.7 Å². The number of rotatable bonds is 5. The van der Waals surface area contributed by atoms with Crippen LogP contribution in [0.1, 0.15) is 13.8 Å². The standard InChI is InChI=1S/C20H26N2O2/c1-7-18-16(12-14(2)23-5)13-19(21-20(18)24-6)15-8-10-17(11-9-15)22(3)4/h7-14H,1-6H3/b16-12-,18-7+. The first kappa shape index (κ1) is 18.0. The third-order valence-electron chi connectivity index (χ3n) is 4.00. The van der Waals surface area contributed by atoms with Crippen LogP contribution in [0.15, 0.2) is 30.3 Å². The number of anilines is 1. The van der Waals surface area contributed by atoms with Gasteiger partial charge in [0.1, 0.15) is 0 Å². The summed E-state index contributed by atoms with van der Waals surface area (Å²) in [4.78, 5) is 6.75. The molecule has 0 fully saturated rings. The van der Waals surface area contributed by atoms with Crippen LogP contribution in [0.5, 0.6) is 5.88 Å². The van der Waals surface area contributed by atoms with Gasteiger partial charge < -0.3 is 14.4 Å². The van der Waals surface area contributed by atoms with Crippen LogP contribution in [0.2, 0.25) is 0 Å². The molecule has 1 aromatic heterocycles. The molecule has 128 valence electrons. The molecular formula is C20H26N2O2. The number of hydrogen-bond donors (Lipinski definition) is 0. The quantitative estimate of drug-likeness (QED) is 0.845. The Morgan fingerprint density at radius 1 is 1.12 bits per heavy atom. The summed E-state index contributed by atoms with van der Waals surface area (Å²) in [5.41, 5.74) is 3.10. The van der Waals surface area contributed by atoms with Crippen LogP contribution >= 0.6 is 0 Å². The lowest BCUT2D eigenvalue weighted by Gasteiger charge is -2.13. The summed E-state index contributed by atoms with van der Waals surface area (Å²) in [5, 5.41) is 2.04. The second kappa shape index (κ2) is 7.97. The summed E-state index contributed by atoms with van der Waals surface area (Å²) in [6.07, 6.45) is 4.11. The Bertz CT molecular complexity index is 796. The van der Waals surface area contributed by atoms with Gasteiger partial charge >= 0.3 is 0 Å². The Morgan fingerprint density at radius 2 is 1.79 bits per heavy atom. The lowest BCUT2D eigenvalue weighted by molar-refractivity contribution is 0.168. The molecule has 0 saturated heterocycles. The zero-order chi connectivity index (χ0) is 17.7. The Labute approximate surface area is 144 Å². The second-order valence-corrected chi connectivity index (χ2v) is 5.86. The molecule has 2 aromatic rings. The minimum Gasteiger partial charge on any atom is -0.481 e. The van der Waals surface area contributed by atoms with E-state index in [1.807, 2.05) is 34.0 Å². The van der Waals surface area contributed by atoms with E-state index in [1.165, 1.54) is 0 Å². The molecule has 1 aromatic carbocycles. The van der Waals surface area contributed by atoms with Crippen LogP contribution in [-0.2, 0) is 4.74 Å². The highest BCUT2D eigenvalue weighted by Crippen LogP contribution is 2.20. The molecule has 0 N–H and O–H groups in total. The monoisotopic (exact) mass is 326 g/mol. The molecule has 2 rings (SSSR count). The third kappa shape index (κ3) is 3.95. The fourth-order valence-electron chi connectivity index (χ4n) is 2.53. The van der Waals surface area contributed by atoms with Gasteiger partial charge in [-0.15, -0.1) is 0 Å². The van der Waals surface area contributed by atoms with E-state index >= 15 is 0 Å². The smallest absolute Gasteiger partial charge is 0.221 e. The zero-order valence-electron chi connectivity index (χ0n) is 15.3. The predicted molar refractivity (Wildman–Crippen MR) is 101 cm³/mol. The van der Waals surface area contributed by atoms with Crippen LogP contribution in [0, 0.1) is 0 Å². The fourth-order valence-corrected chi connectivity index (χ4v) is 2.53. The van der Waals surface area contributed by atoms with Crippen molar-refractivity contribution in [3.8, 4) is 17.1 Å². The van der Waals surface area contributed by atoms with Crippen molar-refractivity contribution in [1.29, 1.82) is 0 Å². The van der Waals surface area contributed by atoms with Gasteiger partial charge in [0.15, 0.2) is 0 Å². The molecule has 24 heavy (non-hydrogen) atoms. The summed E-state index contributed by atoms with van der Waals surface area (Å²) in [7, 11) is 7.41. The summed E-state index contributed by atoms with van der Waals surface area (Å²) in [5.74, 6) is 0.626. The molecule has 0 amide bonds. The second-order valence-electron chi connectivity index (χ2n) is 5.86. The van der Waals surface area contributed by atoms with Gasteiger partial charge in [-0.1, -0.05) is 18.2 Å². The Kier molecular flexibility index (Phi) is 5.99. The zero-order valence-corrected chi connectivity index (χ0v) is 15.3. The average molecular weight is 326 g/mol. The highest BCUT2D eigenvalue weighted by atomic mass is 16.5. The Morgan fingerprint density at radius 3 is 2.29 bits per heavy atom. The number of aromatic nitrogens is 1. The van der Waals surface area contributed by atoms with E-state index < -0.39 is 0 Å². The van der Waals surface area contributed by atoms with E-state index in [0.29, 0.717) is 5.88 Å². The first-order valence-corrected chi connectivity index (χ1v) is 8.04. The lowest BCUT2D eigenvalue weighted by Crippen LogP contribution is -2.29. The van der Waals surface area contributed by atoms with Crippen molar-refractivity contribution in [1.82, 2.24) is 4.98 Å². The molecule has 0 spiro atoms. The highest BCUT2D eigenvalue weighted by Gasteiger charge is 2.07. The van der Waals surface area contributed by atoms with Gasteiger partial charge in [-0.2, -0.15) is 0 Å². The molecule has 1 atom stereocenters. The van der Waals surface area contributed by atoms with E-state index in [2.05, 4.69) is 46.3 Å². The number of pyridine rings is 1. The normalized spacial score (nSPS) is 13.9. The lowest BCUT2D eigenvalue weighted by atomic mass is 10.1. The molecule has 1 unspecified atom stereocenters. The van der Waals surface area contributed by atoms with E-state index in [4.69, 9.17) is 9.47 Å². The first-order valence-electron chi connectivity index (χ1n) is 8.04. The number of methoxy groups -OCH3 is 2. The van der Waals surface area contributed by atoms with E-state index in [0.717, 1.165) is 27.4 Å². The molecule has 0 bridgehead atoms. The van der Waals surface area contributed by atoms with Gasteiger partial charge in [-0.25, -0.2) is 4.98 Å². The Balaban J connectivity index is 2.63. The molecule has 0 radical (unpaired) electrons. The summed E-state index contributed by atoms with van der Waals surface area (Å²) in [6, 6.07) is 10.4. The first-order chi connectivity index (χ1) is 11.5. The van der Waals surface area contributed by atoms with Gasteiger partial charge in [0.2, 0.25) is 5.88 Å². The molecule has 1 heterocycles. The summed E-state index contributed by atoms with van der Waals surface area (Å²) >= 11 is 0. The maximum Gasteiger partial charge on any atom is 0.221 e. The molecule has 0 aliphatic carbocycles. The summed E-state index contributed by atoms with van der Waals surface area (Å²) < 4.78 is 10.9. The van der Waals surface area contributed by atoms with E-state index in [1.54, 1.807) is 14.2 Å². The molecule has 0 saturated carbocycles. The van der Waals surface area contributed by atoms with Gasteiger partial charge in [0.25, 0.3) is 0 Å². The van der Waals surface area contributed by atoms with E-state index in [-0.39, 0.29) is 6.10 Å². The van der Waals surface area contributed by atoms with E-state index in [9.17, 15) is 0 Å². The molecule has 0 aliphatic heterocycles.